The van der Waals surface area contributed by atoms with Crippen LogP contribution in [0.1, 0.15) is 56.6 Å². The fourth-order valence-electron chi connectivity index (χ4n) is 3.13. The van der Waals surface area contributed by atoms with Gasteiger partial charge < -0.3 is 10.6 Å². The molecule has 0 radical (unpaired) electrons. The van der Waals surface area contributed by atoms with E-state index in [4.69, 9.17) is 17.3 Å². The zero-order chi connectivity index (χ0) is 14.4. The van der Waals surface area contributed by atoms with E-state index >= 15 is 0 Å². The SMILES string of the molecule is CN(CCC(N)c1cccc(Cl)c1)C1CCCCCC1. The molecule has 1 fully saturated rings. The Morgan fingerprint density at radius 1 is 1.25 bits per heavy atom. The molecule has 0 bridgehead atoms. The van der Waals surface area contributed by atoms with E-state index in [1.54, 1.807) is 0 Å². The highest BCUT2D eigenvalue weighted by molar-refractivity contribution is 6.30. The Bertz CT molecular complexity index is 400. The summed E-state index contributed by atoms with van der Waals surface area (Å²) in [6, 6.07) is 8.77. The lowest BCUT2D eigenvalue weighted by atomic mass is 10.0. The van der Waals surface area contributed by atoms with Crippen molar-refractivity contribution in [3.05, 3.63) is 34.9 Å². The number of hydrogen-bond donors (Lipinski definition) is 1. The molecule has 20 heavy (non-hydrogen) atoms. The van der Waals surface area contributed by atoms with E-state index in [0.29, 0.717) is 0 Å². The molecule has 1 aromatic rings. The second-order valence-corrected chi connectivity index (χ2v) is 6.51. The molecule has 2 N–H and O–H groups in total. The summed E-state index contributed by atoms with van der Waals surface area (Å²) in [6.07, 6.45) is 9.28. The molecule has 2 rings (SSSR count). The van der Waals surface area contributed by atoms with E-state index < -0.39 is 0 Å². The minimum Gasteiger partial charge on any atom is -0.324 e. The molecule has 0 saturated heterocycles. The highest BCUT2D eigenvalue weighted by Crippen LogP contribution is 2.23. The molecule has 112 valence electrons. The van der Waals surface area contributed by atoms with Crippen molar-refractivity contribution >= 4 is 11.6 Å². The first-order valence-electron chi connectivity index (χ1n) is 7.88. The number of hydrogen-bond acceptors (Lipinski definition) is 2. The molecule has 0 amide bonds. The summed E-state index contributed by atoms with van der Waals surface area (Å²) >= 11 is 6.03. The molecular weight excluding hydrogens is 268 g/mol. The molecule has 0 aliphatic heterocycles. The normalized spacial score (nSPS) is 19.0. The van der Waals surface area contributed by atoms with Crippen molar-refractivity contribution in [2.45, 2.75) is 57.0 Å². The van der Waals surface area contributed by atoms with Gasteiger partial charge >= 0.3 is 0 Å². The minimum absolute atomic E-state index is 0.0851. The third kappa shape index (κ3) is 4.76. The van der Waals surface area contributed by atoms with Gasteiger partial charge in [0.2, 0.25) is 0 Å². The highest BCUT2D eigenvalue weighted by atomic mass is 35.5. The van der Waals surface area contributed by atoms with Crippen molar-refractivity contribution in [1.29, 1.82) is 0 Å². The van der Waals surface area contributed by atoms with Gasteiger partial charge in [0.15, 0.2) is 0 Å². The number of halogens is 1. The first-order chi connectivity index (χ1) is 9.66. The lowest BCUT2D eigenvalue weighted by Crippen LogP contribution is -2.33. The van der Waals surface area contributed by atoms with E-state index in [1.165, 1.54) is 38.5 Å². The van der Waals surface area contributed by atoms with Gasteiger partial charge in [-0.1, -0.05) is 49.4 Å². The van der Waals surface area contributed by atoms with Crippen LogP contribution in [0.25, 0.3) is 0 Å². The summed E-state index contributed by atoms with van der Waals surface area (Å²) in [6.45, 7) is 1.07. The van der Waals surface area contributed by atoms with Crippen molar-refractivity contribution in [2.75, 3.05) is 13.6 Å². The summed E-state index contributed by atoms with van der Waals surface area (Å²) in [4.78, 5) is 2.51. The van der Waals surface area contributed by atoms with Crippen molar-refractivity contribution in [1.82, 2.24) is 4.90 Å². The first kappa shape index (κ1) is 15.8. The van der Waals surface area contributed by atoms with Crippen molar-refractivity contribution in [2.24, 2.45) is 5.73 Å². The summed E-state index contributed by atoms with van der Waals surface area (Å²) in [5, 5.41) is 0.773. The average Bonchev–Trinajstić information content (AvgIpc) is 2.73. The molecule has 1 atom stereocenters. The smallest absolute Gasteiger partial charge is 0.0409 e. The summed E-state index contributed by atoms with van der Waals surface area (Å²) in [7, 11) is 2.25. The van der Waals surface area contributed by atoms with Gasteiger partial charge in [-0.3, -0.25) is 0 Å². The highest BCUT2D eigenvalue weighted by Gasteiger charge is 2.17. The molecule has 1 aliphatic rings. The minimum atomic E-state index is 0.0851. The Morgan fingerprint density at radius 2 is 1.95 bits per heavy atom. The third-order valence-corrected chi connectivity index (χ3v) is 4.75. The molecule has 3 heteroatoms. The summed E-state index contributed by atoms with van der Waals surface area (Å²) in [5.41, 5.74) is 7.43. The fourth-order valence-corrected chi connectivity index (χ4v) is 3.33. The molecule has 1 aromatic carbocycles. The van der Waals surface area contributed by atoms with E-state index in [-0.39, 0.29) is 6.04 Å². The van der Waals surface area contributed by atoms with Crippen molar-refractivity contribution < 1.29 is 0 Å². The molecule has 0 aromatic heterocycles. The largest absolute Gasteiger partial charge is 0.324 e. The molecular formula is C17H27ClN2. The maximum atomic E-state index is 6.29. The monoisotopic (exact) mass is 294 g/mol. The quantitative estimate of drug-likeness (QED) is 0.816. The summed E-state index contributed by atoms with van der Waals surface area (Å²) < 4.78 is 0. The lowest BCUT2D eigenvalue weighted by molar-refractivity contribution is 0.214. The molecule has 1 saturated carbocycles. The Kier molecular flexibility index (Phi) is 6.34. The Hall–Kier alpha value is -0.570. The molecule has 1 aliphatic carbocycles. The Balaban J connectivity index is 1.81. The van der Waals surface area contributed by atoms with E-state index in [9.17, 15) is 0 Å². The molecule has 2 nitrogen and oxygen atoms in total. The van der Waals surface area contributed by atoms with Crippen LogP contribution in [0, 0.1) is 0 Å². The van der Waals surface area contributed by atoms with Gasteiger partial charge in [-0.15, -0.1) is 0 Å². The summed E-state index contributed by atoms with van der Waals surface area (Å²) in [5.74, 6) is 0. The fraction of sp³-hybridized carbons (Fsp3) is 0.647. The van der Waals surface area contributed by atoms with Crippen LogP contribution in [0.2, 0.25) is 5.02 Å². The zero-order valence-electron chi connectivity index (χ0n) is 12.5. The van der Waals surface area contributed by atoms with Gasteiger partial charge in [-0.2, -0.15) is 0 Å². The number of rotatable bonds is 5. The topological polar surface area (TPSA) is 29.3 Å². The van der Waals surface area contributed by atoms with Crippen LogP contribution < -0.4 is 5.73 Å². The van der Waals surface area contributed by atoms with Crippen LogP contribution in [0.15, 0.2) is 24.3 Å². The average molecular weight is 295 g/mol. The molecule has 0 spiro atoms. The van der Waals surface area contributed by atoms with Crippen LogP contribution in [-0.4, -0.2) is 24.5 Å². The third-order valence-electron chi connectivity index (χ3n) is 4.52. The zero-order valence-corrected chi connectivity index (χ0v) is 13.3. The van der Waals surface area contributed by atoms with E-state index in [2.05, 4.69) is 18.0 Å². The van der Waals surface area contributed by atoms with Crippen LogP contribution in [0.5, 0.6) is 0 Å². The van der Waals surface area contributed by atoms with E-state index in [1.807, 2.05) is 18.2 Å². The number of nitrogens with zero attached hydrogens (tertiary/aromatic N) is 1. The molecule has 1 unspecified atom stereocenters. The predicted octanol–water partition coefficient (Wildman–Crippen LogP) is 4.38. The van der Waals surface area contributed by atoms with E-state index in [0.717, 1.165) is 29.6 Å². The van der Waals surface area contributed by atoms with Crippen LogP contribution >= 0.6 is 11.6 Å². The van der Waals surface area contributed by atoms with Crippen LogP contribution in [0.4, 0.5) is 0 Å². The first-order valence-corrected chi connectivity index (χ1v) is 8.26. The Labute approximate surface area is 128 Å². The van der Waals surface area contributed by atoms with Crippen LogP contribution in [0.3, 0.4) is 0 Å². The second-order valence-electron chi connectivity index (χ2n) is 6.08. The standard InChI is InChI=1S/C17H27ClN2/c1-20(16-9-4-2-3-5-10-16)12-11-17(19)14-7-6-8-15(18)13-14/h6-8,13,16-17H,2-5,9-12,19H2,1H3. The van der Waals surface area contributed by atoms with Gasteiger partial charge in [-0.05, 0) is 50.6 Å². The van der Waals surface area contributed by atoms with Gasteiger partial charge in [0.1, 0.15) is 0 Å². The van der Waals surface area contributed by atoms with Gasteiger partial charge in [0, 0.05) is 17.1 Å². The predicted molar refractivity (Wildman–Crippen MR) is 87.1 cm³/mol. The lowest BCUT2D eigenvalue weighted by Gasteiger charge is -2.28. The number of benzene rings is 1. The second kappa shape index (κ2) is 8.02. The van der Waals surface area contributed by atoms with Gasteiger partial charge in [0.25, 0.3) is 0 Å². The van der Waals surface area contributed by atoms with Crippen LogP contribution in [-0.2, 0) is 0 Å². The van der Waals surface area contributed by atoms with Crippen molar-refractivity contribution in [3.63, 3.8) is 0 Å². The maximum absolute atomic E-state index is 6.29. The maximum Gasteiger partial charge on any atom is 0.0409 e. The van der Waals surface area contributed by atoms with Crippen molar-refractivity contribution in [3.8, 4) is 0 Å². The van der Waals surface area contributed by atoms with Gasteiger partial charge in [0.05, 0.1) is 0 Å². The Morgan fingerprint density at radius 3 is 2.60 bits per heavy atom. The molecule has 0 heterocycles. The number of nitrogens with two attached hydrogens (primary N) is 1. The van der Waals surface area contributed by atoms with Gasteiger partial charge in [-0.25, -0.2) is 0 Å².